The highest BCUT2D eigenvalue weighted by molar-refractivity contribution is 5.68. The second kappa shape index (κ2) is 5.89. The molecule has 0 aromatic heterocycles. The van der Waals surface area contributed by atoms with Gasteiger partial charge in [-0.1, -0.05) is 6.08 Å². The van der Waals surface area contributed by atoms with Gasteiger partial charge in [-0.15, -0.1) is 6.58 Å². The van der Waals surface area contributed by atoms with Gasteiger partial charge in [0.25, 0.3) is 0 Å². The normalized spacial score (nSPS) is 12.1. The highest BCUT2D eigenvalue weighted by Gasteiger charge is 2.24. The third-order valence-electron chi connectivity index (χ3n) is 1.54. The van der Waals surface area contributed by atoms with Crippen LogP contribution in [0.2, 0.25) is 0 Å². The van der Waals surface area contributed by atoms with Crippen LogP contribution < -0.4 is 5.32 Å². The van der Waals surface area contributed by atoms with Crippen LogP contribution in [-0.4, -0.2) is 30.4 Å². The maximum atomic E-state index is 11.5. The molecular formula is C12H23NO3. The minimum absolute atomic E-state index is 0.415. The topological polar surface area (TPSA) is 47.6 Å². The minimum atomic E-state index is -0.484. The van der Waals surface area contributed by atoms with Crippen LogP contribution in [0.1, 0.15) is 34.6 Å². The Morgan fingerprint density at radius 1 is 1.31 bits per heavy atom. The number of ether oxygens (including phenoxy) is 2. The smallest absolute Gasteiger partial charge is 0.408 e. The summed E-state index contributed by atoms with van der Waals surface area (Å²) in [4.78, 5) is 11.5. The Balaban J connectivity index is 4.04. The zero-order valence-corrected chi connectivity index (χ0v) is 10.9. The molecule has 1 N–H and O–H groups in total. The monoisotopic (exact) mass is 229 g/mol. The number of rotatable bonds is 5. The number of hydrogen-bond acceptors (Lipinski definition) is 3. The molecule has 0 atom stereocenters. The van der Waals surface area contributed by atoms with Crippen molar-refractivity contribution in [3.63, 3.8) is 0 Å². The molecule has 0 rings (SSSR count). The number of alkyl carbamates (subject to hydrolysis) is 1. The Morgan fingerprint density at radius 2 is 1.88 bits per heavy atom. The van der Waals surface area contributed by atoms with Crippen molar-refractivity contribution < 1.29 is 14.3 Å². The predicted molar refractivity (Wildman–Crippen MR) is 64.5 cm³/mol. The van der Waals surface area contributed by atoms with Crippen molar-refractivity contribution in [1.82, 2.24) is 5.32 Å². The van der Waals surface area contributed by atoms with Crippen LogP contribution in [0.5, 0.6) is 0 Å². The summed E-state index contributed by atoms with van der Waals surface area (Å²) in [5, 5.41) is 2.75. The van der Waals surface area contributed by atoms with Gasteiger partial charge in [0.1, 0.15) is 5.60 Å². The van der Waals surface area contributed by atoms with Crippen LogP contribution >= 0.6 is 0 Å². The van der Waals surface area contributed by atoms with Crippen molar-refractivity contribution in [3.05, 3.63) is 12.7 Å². The van der Waals surface area contributed by atoms with Crippen LogP contribution in [0.4, 0.5) is 4.79 Å². The Labute approximate surface area is 98.0 Å². The van der Waals surface area contributed by atoms with E-state index in [-0.39, 0.29) is 0 Å². The fourth-order valence-electron chi connectivity index (χ4n) is 1.01. The molecular weight excluding hydrogens is 206 g/mol. The summed E-state index contributed by atoms with van der Waals surface area (Å²) < 4.78 is 10.4. The van der Waals surface area contributed by atoms with E-state index >= 15 is 0 Å². The first kappa shape index (κ1) is 15.0. The first-order valence-corrected chi connectivity index (χ1v) is 5.36. The van der Waals surface area contributed by atoms with E-state index in [0.717, 1.165) is 0 Å². The lowest BCUT2D eigenvalue weighted by atomic mass is 10.1. The number of amides is 1. The Morgan fingerprint density at radius 3 is 2.31 bits per heavy atom. The molecule has 16 heavy (non-hydrogen) atoms. The Bertz CT molecular complexity index is 241. The van der Waals surface area contributed by atoms with Crippen molar-refractivity contribution in [2.45, 2.75) is 45.8 Å². The molecule has 0 fully saturated rings. The molecule has 0 aliphatic rings. The van der Waals surface area contributed by atoms with Gasteiger partial charge in [0.2, 0.25) is 0 Å². The maximum Gasteiger partial charge on any atom is 0.408 e. The lowest BCUT2D eigenvalue weighted by Gasteiger charge is -2.28. The van der Waals surface area contributed by atoms with Gasteiger partial charge in [-0.3, -0.25) is 0 Å². The van der Waals surface area contributed by atoms with Crippen molar-refractivity contribution in [1.29, 1.82) is 0 Å². The third-order valence-corrected chi connectivity index (χ3v) is 1.54. The van der Waals surface area contributed by atoms with Crippen LogP contribution in [-0.2, 0) is 9.47 Å². The van der Waals surface area contributed by atoms with E-state index in [1.54, 1.807) is 6.08 Å². The van der Waals surface area contributed by atoms with Crippen LogP contribution in [0.25, 0.3) is 0 Å². The van der Waals surface area contributed by atoms with E-state index in [2.05, 4.69) is 11.9 Å². The first-order valence-electron chi connectivity index (χ1n) is 5.36. The summed E-state index contributed by atoms with van der Waals surface area (Å²) in [5.74, 6) is 0. The number of hydrogen-bond donors (Lipinski definition) is 1. The molecule has 0 saturated carbocycles. The zero-order chi connectivity index (χ0) is 12.8. The molecule has 0 aliphatic carbocycles. The molecule has 0 aromatic rings. The molecule has 0 heterocycles. The fourth-order valence-corrected chi connectivity index (χ4v) is 1.01. The van der Waals surface area contributed by atoms with Crippen LogP contribution in [0, 0.1) is 0 Å². The Hall–Kier alpha value is -1.03. The van der Waals surface area contributed by atoms with E-state index < -0.39 is 17.2 Å². The SMILES string of the molecule is C=CCOCC(C)(C)NC(=O)OC(C)(C)C. The minimum Gasteiger partial charge on any atom is -0.444 e. The van der Waals surface area contributed by atoms with Gasteiger partial charge in [0, 0.05) is 0 Å². The molecule has 0 saturated heterocycles. The molecule has 4 nitrogen and oxygen atoms in total. The molecule has 0 radical (unpaired) electrons. The van der Waals surface area contributed by atoms with Gasteiger partial charge in [-0.05, 0) is 34.6 Å². The summed E-state index contributed by atoms with van der Waals surface area (Å²) in [7, 11) is 0. The van der Waals surface area contributed by atoms with Gasteiger partial charge in [-0.2, -0.15) is 0 Å². The standard InChI is InChI=1S/C12H23NO3/c1-7-8-15-9-12(5,6)13-10(14)16-11(2,3)4/h7H,1,8-9H2,2-6H3,(H,13,14). The highest BCUT2D eigenvalue weighted by Crippen LogP contribution is 2.09. The predicted octanol–water partition coefficient (Wildman–Crippen LogP) is 2.49. The second-order valence-electron chi connectivity index (χ2n) is 5.31. The van der Waals surface area contributed by atoms with Gasteiger partial charge in [0.15, 0.2) is 0 Å². The number of carbonyl (C=O) groups is 1. The lowest BCUT2D eigenvalue weighted by Crippen LogP contribution is -2.48. The van der Waals surface area contributed by atoms with Crippen molar-refractivity contribution >= 4 is 6.09 Å². The molecule has 0 bridgehead atoms. The summed E-state index contributed by atoms with van der Waals surface area (Å²) in [6.07, 6.45) is 1.24. The molecule has 1 amide bonds. The highest BCUT2D eigenvalue weighted by atomic mass is 16.6. The molecule has 0 spiro atoms. The Kier molecular flexibility index (Phi) is 5.51. The summed E-state index contributed by atoms with van der Waals surface area (Å²) in [6.45, 7) is 13.7. The molecule has 0 aromatic carbocycles. The van der Waals surface area contributed by atoms with Gasteiger partial charge in [0.05, 0.1) is 18.8 Å². The van der Waals surface area contributed by atoms with E-state index in [1.807, 2.05) is 34.6 Å². The largest absolute Gasteiger partial charge is 0.444 e. The maximum absolute atomic E-state index is 11.5. The quantitative estimate of drug-likeness (QED) is 0.582. The van der Waals surface area contributed by atoms with Crippen molar-refractivity contribution in [2.24, 2.45) is 0 Å². The average Bonchev–Trinajstić information content (AvgIpc) is 1.98. The second-order valence-corrected chi connectivity index (χ2v) is 5.31. The third kappa shape index (κ3) is 8.29. The van der Waals surface area contributed by atoms with Gasteiger partial charge < -0.3 is 14.8 Å². The van der Waals surface area contributed by atoms with E-state index in [4.69, 9.17) is 9.47 Å². The van der Waals surface area contributed by atoms with Crippen molar-refractivity contribution in [3.8, 4) is 0 Å². The summed E-state index contributed by atoms with van der Waals surface area (Å²) >= 11 is 0. The van der Waals surface area contributed by atoms with Crippen molar-refractivity contribution in [2.75, 3.05) is 13.2 Å². The molecule has 0 aliphatic heterocycles. The molecule has 0 unspecified atom stereocenters. The fraction of sp³-hybridized carbons (Fsp3) is 0.750. The van der Waals surface area contributed by atoms with E-state index in [9.17, 15) is 4.79 Å². The first-order chi connectivity index (χ1) is 7.16. The lowest BCUT2D eigenvalue weighted by molar-refractivity contribution is 0.0378. The van der Waals surface area contributed by atoms with Crippen LogP contribution in [0.3, 0.4) is 0 Å². The summed E-state index contributed by atoms with van der Waals surface area (Å²) in [6, 6.07) is 0. The average molecular weight is 229 g/mol. The van der Waals surface area contributed by atoms with Gasteiger partial charge >= 0.3 is 6.09 Å². The van der Waals surface area contributed by atoms with E-state index in [0.29, 0.717) is 13.2 Å². The summed E-state index contributed by atoms with van der Waals surface area (Å²) in [5.41, 5.74) is -0.937. The zero-order valence-electron chi connectivity index (χ0n) is 10.9. The molecule has 94 valence electrons. The van der Waals surface area contributed by atoms with Crippen LogP contribution in [0.15, 0.2) is 12.7 Å². The van der Waals surface area contributed by atoms with E-state index in [1.165, 1.54) is 0 Å². The van der Waals surface area contributed by atoms with Gasteiger partial charge in [-0.25, -0.2) is 4.79 Å². The number of carbonyl (C=O) groups excluding carboxylic acids is 1. The number of nitrogens with one attached hydrogen (secondary N) is 1. The molecule has 4 heteroatoms.